The minimum atomic E-state index is 0.529. The Morgan fingerprint density at radius 2 is 2.00 bits per heavy atom. The van der Waals surface area contributed by atoms with Gasteiger partial charge in [0.1, 0.15) is 0 Å². The Kier molecular flexibility index (Phi) is 3.75. The maximum atomic E-state index is 6.18. The van der Waals surface area contributed by atoms with Gasteiger partial charge in [0, 0.05) is 6.04 Å². The van der Waals surface area contributed by atoms with Crippen LogP contribution < -0.4 is 5.32 Å². The molecular weight excluding hydrogens is 218 g/mol. The Morgan fingerprint density at radius 1 is 1.31 bits per heavy atom. The topological polar surface area (TPSA) is 12.0 Å². The molecule has 1 N–H and O–H groups in total. The van der Waals surface area contributed by atoms with Crippen LogP contribution in [-0.2, 0) is 0 Å². The van der Waals surface area contributed by atoms with Crippen molar-refractivity contribution in [3.05, 3.63) is 28.8 Å². The van der Waals surface area contributed by atoms with Crippen LogP contribution in [0.25, 0.3) is 0 Å². The number of hydrogen-bond donors (Lipinski definition) is 1. The summed E-state index contributed by atoms with van der Waals surface area (Å²) in [4.78, 5) is 0. The first kappa shape index (κ1) is 11.8. The molecule has 0 amide bonds. The van der Waals surface area contributed by atoms with Gasteiger partial charge in [-0.25, -0.2) is 0 Å². The Balaban J connectivity index is 2.04. The van der Waals surface area contributed by atoms with Gasteiger partial charge in [-0.3, -0.25) is 0 Å². The summed E-state index contributed by atoms with van der Waals surface area (Å²) in [6, 6.07) is 6.68. The predicted molar refractivity (Wildman–Crippen MR) is 71.2 cm³/mol. The normalized spacial score (nSPS) is 18.7. The number of halogens is 1. The first-order chi connectivity index (χ1) is 7.66. The number of benzene rings is 1. The van der Waals surface area contributed by atoms with Crippen molar-refractivity contribution in [1.82, 2.24) is 0 Å². The van der Waals surface area contributed by atoms with Crippen molar-refractivity contribution in [2.24, 2.45) is 5.92 Å². The zero-order valence-corrected chi connectivity index (χ0v) is 10.8. The number of nitrogens with one attached hydrogen (secondary N) is 1. The van der Waals surface area contributed by atoms with Crippen LogP contribution in [0.5, 0.6) is 0 Å². The fourth-order valence-electron chi connectivity index (χ4n) is 2.57. The third-order valence-corrected chi connectivity index (χ3v) is 3.94. The fourth-order valence-corrected chi connectivity index (χ4v) is 2.74. The quantitative estimate of drug-likeness (QED) is 0.808. The van der Waals surface area contributed by atoms with Crippen molar-refractivity contribution in [2.75, 3.05) is 5.32 Å². The smallest absolute Gasteiger partial charge is 0.0637 e. The number of aryl methyl sites for hydroxylation is 1. The number of anilines is 1. The lowest BCUT2D eigenvalue weighted by Crippen LogP contribution is -2.23. The van der Waals surface area contributed by atoms with Crippen LogP contribution in [0.15, 0.2) is 18.2 Å². The van der Waals surface area contributed by atoms with Crippen LogP contribution in [0, 0.1) is 12.8 Å². The number of hydrogen-bond acceptors (Lipinski definition) is 1. The van der Waals surface area contributed by atoms with E-state index in [2.05, 4.69) is 25.2 Å². The molecule has 0 aliphatic heterocycles. The molecule has 0 saturated heterocycles. The highest BCUT2D eigenvalue weighted by Crippen LogP contribution is 2.31. The van der Waals surface area contributed by atoms with E-state index in [1.165, 1.54) is 31.2 Å². The Hall–Kier alpha value is -0.690. The van der Waals surface area contributed by atoms with Gasteiger partial charge in [-0.2, -0.15) is 0 Å². The molecule has 0 bridgehead atoms. The van der Waals surface area contributed by atoms with Crippen LogP contribution in [0.1, 0.15) is 38.2 Å². The lowest BCUT2D eigenvalue weighted by Gasteiger charge is -2.22. The van der Waals surface area contributed by atoms with Crippen molar-refractivity contribution < 1.29 is 0 Å². The summed E-state index contributed by atoms with van der Waals surface area (Å²) in [5.41, 5.74) is 2.34. The van der Waals surface area contributed by atoms with Crippen LogP contribution in [0.2, 0.25) is 5.02 Å². The average molecular weight is 238 g/mol. The van der Waals surface area contributed by atoms with E-state index in [1.54, 1.807) is 0 Å². The van der Waals surface area contributed by atoms with Crippen LogP contribution in [0.3, 0.4) is 0 Å². The van der Waals surface area contributed by atoms with Gasteiger partial charge in [0.15, 0.2) is 0 Å². The van der Waals surface area contributed by atoms with E-state index in [-0.39, 0.29) is 0 Å². The zero-order valence-electron chi connectivity index (χ0n) is 10.1. The molecule has 1 fully saturated rings. The van der Waals surface area contributed by atoms with Crippen molar-refractivity contribution in [2.45, 2.75) is 45.6 Å². The molecule has 1 saturated carbocycles. The molecule has 1 nitrogen and oxygen atoms in total. The maximum absolute atomic E-state index is 6.18. The van der Waals surface area contributed by atoms with Gasteiger partial charge in [0.25, 0.3) is 0 Å². The maximum Gasteiger partial charge on any atom is 0.0637 e. The molecule has 0 heterocycles. The minimum absolute atomic E-state index is 0.529. The van der Waals surface area contributed by atoms with Gasteiger partial charge in [-0.15, -0.1) is 0 Å². The Bertz CT molecular complexity index is 356. The second-order valence-electron chi connectivity index (χ2n) is 4.96. The van der Waals surface area contributed by atoms with Gasteiger partial charge < -0.3 is 5.32 Å². The Morgan fingerprint density at radius 3 is 2.69 bits per heavy atom. The third kappa shape index (κ3) is 2.70. The van der Waals surface area contributed by atoms with E-state index in [0.717, 1.165) is 16.6 Å². The lowest BCUT2D eigenvalue weighted by atomic mass is 9.99. The molecule has 1 aromatic rings. The van der Waals surface area contributed by atoms with Gasteiger partial charge in [0.2, 0.25) is 0 Å². The summed E-state index contributed by atoms with van der Waals surface area (Å²) >= 11 is 6.18. The van der Waals surface area contributed by atoms with E-state index in [0.29, 0.717) is 6.04 Å². The van der Waals surface area contributed by atoms with E-state index in [4.69, 9.17) is 11.6 Å². The summed E-state index contributed by atoms with van der Waals surface area (Å²) in [5.74, 6) is 0.816. The molecule has 88 valence electrons. The fraction of sp³-hybridized carbons (Fsp3) is 0.571. The predicted octanol–water partition coefficient (Wildman–Crippen LogP) is 4.64. The highest BCUT2D eigenvalue weighted by atomic mass is 35.5. The molecule has 1 aliphatic carbocycles. The second kappa shape index (κ2) is 5.09. The van der Waals surface area contributed by atoms with Gasteiger partial charge in [-0.05, 0) is 50.3 Å². The monoisotopic (exact) mass is 237 g/mol. The van der Waals surface area contributed by atoms with Crippen molar-refractivity contribution in [1.29, 1.82) is 0 Å². The third-order valence-electron chi connectivity index (χ3n) is 3.61. The molecule has 0 radical (unpaired) electrons. The largest absolute Gasteiger partial charge is 0.381 e. The molecule has 1 atom stereocenters. The molecule has 1 aromatic carbocycles. The Labute approximate surface area is 103 Å². The highest BCUT2D eigenvalue weighted by Gasteiger charge is 2.21. The zero-order chi connectivity index (χ0) is 11.5. The molecule has 2 heteroatoms. The summed E-state index contributed by atoms with van der Waals surface area (Å²) < 4.78 is 0. The minimum Gasteiger partial charge on any atom is -0.381 e. The number of rotatable bonds is 3. The van der Waals surface area contributed by atoms with Crippen LogP contribution in [-0.4, -0.2) is 6.04 Å². The molecule has 1 unspecified atom stereocenters. The highest BCUT2D eigenvalue weighted by molar-refractivity contribution is 6.33. The van der Waals surface area contributed by atoms with E-state index < -0.39 is 0 Å². The SMILES string of the molecule is Cc1ccc(Cl)c(NC(C)C2CCCC2)c1. The van der Waals surface area contributed by atoms with Gasteiger partial charge in [0.05, 0.1) is 10.7 Å². The average Bonchev–Trinajstić information content (AvgIpc) is 2.76. The second-order valence-corrected chi connectivity index (χ2v) is 5.37. The standard InChI is InChI=1S/C14H20ClN/c1-10-7-8-13(15)14(9-10)16-11(2)12-5-3-4-6-12/h7-9,11-12,16H,3-6H2,1-2H3. The van der Waals surface area contributed by atoms with E-state index >= 15 is 0 Å². The molecule has 0 aromatic heterocycles. The molecule has 2 rings (SSSR count). The molecular formula is C14H20ClN. The molecule has 0 spiro atoms. The summed E-state index contributed by atoms with van der Waals surface area (Å²) in [6.07, 6.45) is 5.49. The summed E-state index contributed by atoms with van der Waals surface area (Å²) in [7, 11) is 0. The molecule has 1 aliphatic rings. The van der Waals surface area contributed by atoms with Crippen molar-refractivity contribution in [3.8, 4) is 0 Å². The first-order valence-electron chi connectivity index (χ1n) is 6.19. The van der Waals surface area contributed by atoms with Crippen LogP contribution in [0.4, 0.5) is 5.69 Å². The van der Waals surface area contributed by atoms with Gasteiger partial charge >= 0.3 is 0 Å². The lowest BCUT2D eigenvalue weighted by molar-refractivity contribution is 0.482. The first-order valence-corrected chi connectivity index (χ1v) is 6.57. The van der Waals surface area contributed by atoms with Crippen molar-refractivity contribution >= 4 is 17.3 Å². The van der Waals surface area contributed by atoms with Crippen molar-refractivity contribution in [3.63, 3.8) is 0 Å². The molecule has 16 heavy (non-hydrogen) atoms. The van der Waals surface area contributed by atoms with Gasteiger partial charge in [-0.1, -0.05) is 30.5 Å². The summed E-state index contributed by atoms with van der Waals surface area (Å²) in [5, 5.41) is 4.39. The summed E-state index contributed by atoms with van der Waals surface area (Å²) in [6.45, 7) is 4.37. The van der Waals surface area contributed by atoms with E-state index in [1.807, 2.05) is 12.1 Å². The van der Waals surface area contributed by atoms with E-state index in [9.17, 15) is 0 Å². The van der Waals surface area contributed by atoms with Crippen LogP contribution >= 0.6 is 11.6 Å².